The van der Waals surface area contributed by atoms with Crippen LogP contribution in [0, 0.1) is 0 Å². The summed E-state index contributed by atoms with van der Waals surface area (Å²) in [6.07, 6.45) is 8.26. The van der Waals surface area contributed by atoms with Crippen LogP contribution in [0.2, 0.25) is 0 Å². The van der Waals surface area contributed by atoms with Crippen molar-refractivity contribution in [2.24, 2.45) is 0 Å². The molecular formula is C22H35N5O2. The Morgan fingerprint density at radius 2 is 2.00 bits per heavy atom. The van der Waals surface area contributed by atoms with Crippen LogP contribution >= 0.6 is 0 Å². The third kappa shape index (κ3) is 4.90. The second-order valence-corrected chi connectivity index (χ2v) is 8.45. The van der Waals surface area contributed by atoms with Crippen molar-refractivity contribution in [2.45, 2.75) is 51.1 Å². The van der Waals surface area contributed by atoms with Gasteiger partial charge in [-0.25, -0.2) is 0 Å². The number of allylic oxidation sites excluding steroid dienone is 1. The molecule has 0 bridgehead atoms. The summed E-state index contributed by atoms with van der Waals surface area (Å²) in [4.78, 5) is 17.7. The molecule has 0 saturated carbocycles. The summed E-state index contributed by atoms with van der Waals surface area (Å²) in [6.45, 7) is 12.0. The van der Waals surface area contributed by atoms with Gasteiger partial charge >= 0.3 is 0 Å². The molecule has 0 aromatic carbocycles. The van der Waals surface area contributed by atoms with Gasteiger partial charge in [0.05, 0.1) is 19.8 Å². The van der Waals surface area contributed by atoms with E-state index in [1.807, 2.05) is 15.7 Å². The van der Waals surface area contributed by atoms with Gasteiger partial charge in [-0.05, 0) is 38.5 Å². The van der Waals surface area contributed by atoms with Crippen molar-refractivity contribution in [2.75, 3.05) is 52.5 Å². The molecule has 0 spiro atoms. The molecule has 1 atom stereocenters. The first kappa shape index (κ1) is 20.6. The summed E-state index contributed by atoms with van der Waals surface area (Å²) in [5.74, 6) is 0.123. The fourth-order valence-corrected chi connectivity index (χ4v) is 4.81. The zero-order chi connectivity index (χ0) is 20.1. The summed E-state index contributed by atoms with van der Waals surface area (Å²) >= 11 is 0. The number of amides is 1. The summed E-state index contributed by atoms with van der Waals surface area (Å²) in [5.41, 5.74) is 3.08. The lowest BCUT2D eigenvalue weighted by Crippen LogP contribution is -2.43. The van der Waals surface area contributed by atoms with E-state index in [1.54, 1.807) is 0 Å². The van der Waals surface area contributed by atoms with Gasteiger partial charge in [0, 0.05) is 56.6 Å². The smallest absolute Gasteiger partial charge is 0.274 e. The molecule has 1 N–H and O–H groups in total. The third-order valence-electron chi connectivity index (χ3n) is 6.46. The SMILES string of the molecule is C=CCn1nc(C(=O)N2CCCCC2)c2c1CC[C@H](NCCN1CCOCC1)C2. The molecule has 1 aromatic heterocycles. The number of piperidine rings is 1. The molecule has 3 aliphatic rings. The molecule has 0 radical (unpaired) electrons. The average molecular weight is 402 g/mol. The van der Waals surface area contributed by atoms with E-state index < -0.39 is 0 Å². The van der Waals surface area contributed by atoms with Crippen LogP contribution in [0.4, 0.5) is 0 Å². The van der Waals surface area contributed by atoms with E-state index in [0.717, 1.165) is 90.1 Å². The van der Waals surface area contributed by atoms with Gasteiger partial charge in [-0.15, -0.1) is 6.58 Å². The predicted molar refractivity (Wildman–Crippen MR) is 113 cm³/mol. The van der Waals surface area contributed by atoms with Crippen LogP contribution in [0.5, 0.6) is 0 Å². The van der Waals surface area contributed by atoms with Gasteiger partial charge in [0.25, 0.3) is 5.91 Å². The monoisotopic (exact) mass is 401 g/mol. The first-order valence-corrected chi connectivity index (χ1v) is 11.3. The van der Waals surface area contributed by atoms with Crippen molar-refractivity contribution in [1.29, 1.82) is 0 Å². The molecule has 2 fully saturated rings. The van der Waals surface area contributed by atoms with E-state index >= 15 is 0 Å². The normalized spacial score (nSPS) is 23.0. The Labute approximate surface area is 174 Å². The molecule has 2 aliphatic heterocycles. The van der Waals surface area contributed by atoms with Crippen LogP contribution in [0.15, 0.2) is 12.7 Å². The van der Waals surface area contributed by atoms with Gasteiger partial charge in [-0.2, -0.15) is 5.10 Å². The minimum absolute atomic E-state index is 0.123. The number of morpholine rings is 1. The molecule has 0 unspecified atom stereocenters. The summed E-state index contributed by atoms with van der Waals surface area (Å²) in [7, 11) is 0. The molecule has 7 nitrogen and oxygen atoms in total. The van der Waals surface area contributed by atoms with Crippen LogP contribution in [0.3, 0.4) is 0 Å². The standard InChI is InChI=1S/C22H35N5O2/c1-2-9-27-20-7-6-18(23-8-12-25-13-15-29-16-14-25)17-19(20)21(24-27)22(28)26-10-4-3-5-11-26/h2,18,23H,1,3-17H2/t18-/m0/s1. The number of nitrogens with zero attached hydrogens (tertiary/aromatic N) is 4. The summed E-state index contributed by atoms with van der Waals surface area (Å²) in [6, 6.07) is 0.415. The fourth-order valence-electron chi connectivity index (χ4n) is 4.81. The largest absolute Gasteiger partial charge is 0.379 e. The number of rotatable bonds is 7. The molecule has 1 aromatic rings. The highest BCUT2D eigenvalue weighted by Crippen LogP contribution is 2.27. The van der Waals surface area contributed by atoms with Gasteiger partial charge in [0.2, 0.25) is 0 Å². The van der Waals surface area contributed by atoms with E-state index in [9.17, 15) is 4.79 Å². The zero-order valence-corrected chi connectivity index (χ0v) is 17.6. The molecular weight excluding hydrogens is 366 g/mol. The molecule has 1 aliphatic carbocycles. The highest BCUT2D eigenvalue weighted by atomic mass is 16.5. The van der Waals surface area contributed by atoms with Gasteiger partial charge in [0.15, 0.2) is 5.69 Å². The molecule has 29 heavy (non-hydrogen) atoms. The van der Waals surface area contributed by atoms with Crippen molar-refractivity contribution in [1.82, 2.24) is 24.9 Å². The number of hydrogen-bond acceptors (Lipinski definition) is 5. The fraction of sp³-hybridized carbons (Fsp3) is 0.727. The number of aromatic nitrogens is 2. The Morgan fingerprint density at radius 1 is 1.21 bits per heavy atom. The Balaban J connectivity index is 1.42. The van der Waals surface area contributed by atoms with E-state index in [0.29, 0.717) is 18.3 Å². The molecule has 160 valence electrons. The van der Waals surface area contributed by atoms with Crippen molar-refractivity contribution in [3.63, 3.8) is 0 Å². The number of likely N-dealkylation sites (tertiary alicyclic amines) is 1. The van der Waals surface area contributed by atoms with Gasteiger partial charge in [0.1, 0.15) is 0 Å². The summed E-state index contributed by atoms with van der Waals surface area (Å²) < 4.78 is 7.43. The highest BCUT2D eigenvalue weighted by molar-refractivity contribution is 5.94. The van der Waals surface area contributed by atoms with Gasteiger partial charge < -0.3 is 15.0 Å². The topological polar surface area (TPSA) is 62.6 Å². The van der Waals surface area contributed by atoms with E-state index in [4.69, 9.17) is 9.84 Å². The van der Waals surface area contributed by atoms with Crippen molar-refractivity contribution in [3.8, 4) is 0 Å². The number of carbonyl (C=O) groups excluding carboxylic acids is 1. The van der Waals surface area contributed by atoms with Crippen LogP contribution < -0.4 is 5.32 Å². The predicted octanol–water partition coefficient (Wildman–Crippen LogP) is 1.47. The van der Waals surface area contributed by atoms with E-state index in [1.165, 1.54) is 12.1 Å². The lowest BCUT2D eigenvalue weighted by Gasteiger charge is -2.29. The Morgan fingerprint density at radius 3 is 2.76 bits per heavy atom. The lowest BCUT2D eigenvalue weighted by molar-refractivity contribution is 0.0381. The number of carbonyl (C=O) groups is 1. The minimum atomic E-state index is 0.123. The zero-order valence-electron chi connectivity index (χ0n) is 17.6. The Kier molecular flexibility index (Phi) is 7.00. The Hall–Kier alpha value is -1.70. The van der Waals surface area contributed by atoms with Crippen LogP contribution in [-0.4, -0.2) is 84.0 Å². The van der Waals surface area contributed by atoms with Crippen molar-refractivity contribution >= 4 is 5.91 Å². The highest BCUT2D eigenvalue weighted by Gasteiger charge is 2.31. The minimum Gasteiger partial charge on any atom is -0.379 e. The molecule has 7 heteroatoms. The molecule has 1 amide bonds. The van der Waals surface area contributed by atoms with Crippen LogP contribution in [0.1, 0.15) is 47.4 Å². The lowest BCUT2D eigenvalue weighted by atomic mass is 9.91. The average Bonchev–Trinajstić information content (AvgIpc) is 3.13. The number of hydrogen-bond donors (Lipinski definition) is 1. The second-order valence-electron chi connectivity index (χ2n) is 8.45. The first-order valence-electron chi connectivity index (χ1n) is 11.3. The number of nitrogens with one attached hydrogen (secondary N) is 1. The number of ether oxygens (including phenoxy) is 1. The summed E-state index contributed by atoms with van der Waals surface area (Å²) in [5, 5.41) is 8.48. The molecule has 4 rings (SSSR count). The number of fused-ring (bicyclic) bond motifs is 1. The van der Waals surface area contributed by atoms with Crippen LogP contribution in [0.25, 0.3) is 0 Å². The molecule has 2 saturated heterocycles. The third-order valence-corrected chi connectivity index (χ3v) is 6.46. The van der Waals surface area contributed by atoms with Crippen LogP contribution in [-0.2, 0) is 24.1 Å². The van der Waals surface area contributed by atoms with Crippen molar-refractivity contribution in [3.05, 3.63) is 29.6 Å². The van der Waals surface area contributed by atoms with E-state index in [-0.39, 0.29) is 5.91 Å². The van der Waals surface area contributed by atoms with Gasteiger partial charge in [-0.1, -0.05) is 6.08 Å². The maximum atomic E-state index is 13.2. The maximum Gasteiger partial charge on any atom is 0.274 e. The van der Waals surface area contributed by atoms with E-state index in [2.05, 4.69) is 16.8 Å². The second kappa shape index (κ2) is 9.87. The van der Waals surface area contributed by atoms with Crippen molar-refractivity contribution < 1.29 is 9.53 Å². The maximum absolute atomic E-state index is 13.2. The quantitative estimate of drug-likeness (QED) is 0.701. The molecule has 3 heterocycles. The first-order chi connectivity index (χ1) is 14.3. The Bertz CT molecular complexity index is 704. The van der Waals surface area contributed by atoms with Gasteiger partial charge in [-0.3, -0.25) is 14.4 Å².